The van der Waals surface area contributed by atoms with Gasteiger partial charge in [-0.15, -0.1) is 15.3 Å². The Morgan fingerprint density at radius 3 is 2.45 bits per heavy atom. The Labute approximate surface area is 179 Å². The maximum atomic E-state index is 13.3. The van der Waals surface area contributed by atoms with Crippen LogP contribution >= 0.6 is 11.6 Å². The van der Waals surface area contributed by atoms with Crippen molar-refractivity contribution in [3.05, 3.63) is 59.5 Å². The molecule has 31 heavy (non-hydrogen) atoms. The molecule has 1 aromatic carbocycles. The van der Waals surface area contributed by atoms with Crippen molar-refractivity contribution in [2.75, 3.05) is 0 Å². The minimum absolute atomic E-state index is 0.00495. The molecular weight excluding hydrogens is 435 g/mol. The van der Waals surface area contributed by atoms with Gasteiger partial charge < -0.3 is 9.47 Å². The molecule has 0 unspecified atom stereocenters. The van der Waals surface area contributed by atoms with Gasteiger partial charge in [-0.3, -0.25) is 0 Å². The highest BCUT2D eigenvalue weighted by atomic mass is 35.5. The number of ether oxygens (including phenoxy) is 2. The lowest BCUT2D eigenvalue weighted by atomic mass is 10.0. The van der Waals surface area contributed by atoms with Gasteiger partial charge in [0.05, 0.1) is 11.7 Å². The molecule has 0 fully saturated rings. The summed E-state index contributed by atoms with van der Waals surface area (Å²) in [5.74, 6) is 0.371. The maximum Gasteiger partial charge on any atom is 0.416 e. The second-order valence-corrected chi connectivity index (χ2v) is 7.11. The summed E-state index contributed by atoms with van der Waals surface area (Å²) in [5.41, 5.74) is 0.450. The number of hydrogen-bond acceptors (Lipinski definition) is 6. The van der Waals surface area contributed by atoms with E-state index in [9.17, 15) is 13.2 Å². The van der Waals surface area contributed by atoms with Crippen molar-refractivity contribution in [3.8, 4) is 28.6 Å². The molecule has 3 aromatic heterocycles. The molecule has 0 amide bonds. The van der Waals surface area contributed by atoms with Crippen LogP contribution in [0.4, 0.5) is 13.2 Å². The van der Waals surface area contributed by atoms with Crippen molar-refractivity contribution in [2.45, 2.75) is 26.1 Å². The zero-order chi connectivity index (χ0) is 22.2. The number of hydrogen-bond donors (Lipinski definition) is 0. The molecule has 7 nitrogen and oxygen atoms in total. The van der Waals surface area contributed by atoms with Gasteiger partial charge in [-0.2, -0.15) is 17.7 Å². The van der Waals surface area contributed by atoms with E-state index in [2.05, 4.69) is 20.3 Å². The van der Waals surface area contributed by atoms with Crippen molar-refractivity contribution in [2.24, 2.45) is 0 Å². The Morgan fingerprint density at radius 1 is 1.00 bits per heavy atom. The fraction of sp³-hybridized carbons (Fsp3) is 0.200. The molecular formula is C20H15ClF3N5O2. The molecule has 0 atom stereocenters. The van der Waals surface area contributed by atoms with Crippen molar-refractivity contribution in [3.63, 3.8) is 0 Å². The maximum absolute atomic E-state index is 13.3. The lowest BCUT2D eigenvalue weighted by Gasteiger charge is -2.15. The number of fused-ring (bicyclic) bond motifs is 1. The summed E-state index contributed by atoms with van der Waals surface area (Å²) < 4.78 is 52.3. The normalized spacial score (nSPS) is 11.8. The lowest BCUT2D eigenvalue weighted by molar-refractivity contribution is -0.137. The largest absolute Gasteiger partial charge is 0.475 e. The number of alkyl halides is 3. The van der Waals surface area contributed by atoms with Crippen molar-refractivity contribution in [1.82, 2.24) is 24.8 Å². The van der Waals surface area contributed by atoms with E-state index in [1.54, 1.807) is 12.1 Å². The Balaban J connectivity index is 1.75. The third-order valence-electron chi connectivity index (χ3n) is 4.13. The molecule has 0 saturated heterocycles. The van der Waals surface area contributed by atoms with Crippen LogP contribution in [0.2, 0.25) is 5.28 Å². The van der Waals surface area contributed by atoms with Gasteiger partial charge in [0, 0.05) is 29.5 Å². The number of pyridine rings is 1. The average molecular weight is 450 g/mol. The monoisotopic (exact) mass is 449 g/mol. The molecule has 0 aliphatic rings. The van der Waals surface area contributed by atoms with Crippen LogP contribution in [0.3, 0.4) is 0 Å². The number of nitrogens with zero attached hydrogens (tertiary/aromatic N) is 5. The molecule has 0 radical (unpaired) electrons. The van der Waals surface area contributed by atoms with E-state index in [1.807, 2.05) is 13.8 Å². The average Bonchev–Trinajstić information content (AvgIpc) is 3.08. The first-order chi connectivity index (χ1) is 14.7. The molecule has 0 aliphatic carbocycles. The van der Waals surface area contributed by atoms with Crippen LogP contribution in [-0.2, 0) is 6.18 Å². The Morgan fingerprint density at radius 2 is 1.77 bits per heavy atom. The Bertz CT molecular complexity index is 1230. The topological polar surface area (TPSA) is 74.4 Å². The molecule has 0 N–H and O–H groups in total. The first-order valence-electron chi connectivity index (χ1n) is 9.11. The van der Waals surface area contributed by atoms with Crippen LogP contribution in [0.1, 0.15) is 19.4 Å². The number of halogens is 4. The van der Waals surface area contributed by atoms with E-state index in [4.69, 9.17) is 21.1 Å². The van der Waals surface area contributed by atoms with Crippen LogP contribution in [0, 0.1) is 0 Å². The standard InChI is InChI=1S/C20H15ClF3N5O2/c1-11(2)30-17-7-3-12(10-25-17)14-5-4-13(20(22,23)24)9-15(14)31-18-8-6-16-26-27-19(21)29(16)28-18/h3-11H,1-2H3. The van der Waals surface area contributed by atoms with Gasteiger partial charge in [-0.25, -0.2) is 4.98 Å². The predicted octanol–water partition coefficient (Wildman–Crippen LogP) is 5.44. The van der Waals surface area contributed by atoms with E-state index in [0.29, 0.717) is 22.7 Å². The highest BCUT2D eigenvalue weighted by Crippen LogP contribution is 2.39. The molecule has 0 bridgehead atoms. The molecule has 4 rings (SSSR count). The molecule has 3 heterocycles. The quantitative estimate of drug-likeness (QED) is 0.404. The van der Waals surface area contributed by atoms with Gasteiger partial charge in [-0.05, 0) is 55.8 Å². The summed E-state index contributed by atoms with van der Waals surface area (Å²) >= 11 is 5.91. The second kappa shape index (κ2) is 8.03. The van der Waals surface area contributed by atoms with Gasteiger partial charge in [0.15, 0.2) is 5.65 Å². The number of benzene rings is 1. The predicted molar refractivity (Wildman–Crippen MR) is 106 cm³/mol. The third kappa shape index (κ3) is 4.53. The fourth-order valence-corrected chi connectivity index (χ4v) is 2.95. The van der Waals surface area contributed by atoms with Gasteiger partial charge in [-0.1, -0.05) is 0 Å². The van der Waals surface area contributed by atoms with Gasteiger partial charge in [0.2, 0.25) is 17.0 Å². The van der Waals surface area contributed by atoms with Gasteiger partial charge >= 0.3 is 6.18 Å². The summed E-state index contributed by atoms with van der Waals surface area (Å²) in [6, 6.07) is 9.53. The Hall–Kier alpha value is -3.40. The van der Waals surface area contributed by atoms with Crippen LogP contribution < -0.4 is 9.47 Å². The molecule has 0 aliphatic heterocycles. The highest BCUT2D eigenvalue weighted by Gasteiger charge is 2.31. The van der Waals surface area contributed by atoms with Crippen LogP contribution in [0.15, 0.2) is 48.7 Å². The minimum Gasteiger partial charge on any atom is -0.475 e. The Kier molecular flexibility index (Phi) is 5.40. The molecule has 4 aromatic rings. The first kappa shape index (κ1) is 20.9. The smallest absolute Gasteiger partial charge is 0.416 e. The second-order valence-electron chi connectivity index (χ2n) is 6.77. The summed E-state index contributed by atoms with van der Waals surface area (Å²) in [5, 5.41) is 11.6. The summed E-state index contributed by atoms with van der Waals surface area (Å²) in [6.07, 6.45) is -3.10. The summed E-state index contributed by atoms with van der Waals surface area (Å²) in [7, 11) is 0. The SMILES string of the molecule is CC(C)Oc1ccc(-c2ccc(C(F)(F)F)cc2Oc2ccc3nnc(Cl)n3n2)cn1. The molecule has 160 valence electrons. The van der Waals surface area contributed by atoms with Crippen LogP contribution in [0.25, 0.3) is 16.8 Å². The molecule has 11 heteroatoms. The van der Waals surface area contributed by atoms with Gasteiger partial charge in [0.25, 0.3) is 0 Å². The zero-order valence-corrected chi connectivity index (χ0v) is 17.0. The van der Waals surface area contributed by atoms with Crippen molar-refractivity contribution < 1.29 is 22.6 Å². The van der Waals surface area contributed by atoms with Crippen molar-refractivity contribution in [1.29, 1.82) is 0 Å². The van der Waals surface area contributed by atoms with E-state index in [1.165, 1.54) is 28.9 Å². The van der Waals surface area contributed by atoms with Gasteiger partial charge in [0.1, 0.15) is 5.75 Å². The fourth-order valence-electron chi connectivity index (χ4n) is 2.79. The summed E-state index contributed by atoms with van der Waals surface area (Å²) in [4.78, 5) is 4.21. The van der Waals surface area contributed by atoms with Crippen LogP contribution in [0.5, 0.6) is 17.5 Å². The van der Waals surface area contributed by atoms with E-state index in [0.717, 1.165) is 12.1 Å². The molecule has 0 spiro atoms. The number of aromatic nitrogens is 5. The van der Waals surface area contributed by atoms with E-state index < -0.39 is 11.7 Å². The van der Waals surface area contributed by atoms with Crippen molar-refractivity contribution >= 4 is 17.2 Å². The highest BCUT2D eigenvalue weighted by molar-refractivity contribution is 6.28. The van der Waals surface area contributed by atoms with E-state index >= 15 is 0 Å². The lowest BCUT2D eigenvalue weighted by Crippen LogP contribution is -2.07. The molecule has 0 saturated carbocycles. The minimum atomic E-state index is -4.54. The first-order valence-corrected chi connectivity index (χ1v) is 9.48. The van der Waals surface area contributed by atoms with Crippen LogP contribution in [-0.4, -0.2) is 30.9 Å². The summed E-state index contributed by atoms with van der Waals surface area (Å²) in [6.45, 7) is 3.73. The van der Waals surface area contributed by atoms with E-state index in [-0.39, 0.29) is 23.0 Å². The number of rotatable bonds is 5. The zero-order valence-electron chi connectivity index (χ0n) is 16.3. The third-order valence-corrected chi connectivity index (χ3v) is 4.36.